The zero-order valence-electron chi connectivity index (χ0n) is 13.5. The average molecular weight is 368 g/mol. The van der Waals surface area contributed by atoms with E-state index in [1.165, 1.54) is 32.4 Å². The van der Waals surface area contributed by atoms with E-state index in [1.807, 2.05) is 0 Å². The highest BCUT2D eigenvalue weighted by Gasteiger charge is 2.25. The Bertz CT molecular complexity index is 784. The molecule has 0 saturated carbocycles. The molecule has 1 atom stereocenters. The second-order valence-corrected chi connectivity index (χ2v) is 5.33. The Labute approximate surface area is 148 Å². The highest BCUT2D eigenvalue weighted by atomic mass is 35.5. The summed E-state index contributed by atoms with van der Waals surface area (Å²) in [5.41, 5.74) is 1.18. The van der Waals surface area contributed by atoms with Gasteiger partial charge in [0, 0.05) is 5.56 Å². The van der Waals surface area contributed by atoms with Crippen LogP contribution in [0.4, 0.5) is 4.39 Å². The molecule has 0 bridgehead atoms. The maximum atomic E-state index is 13.4. The molecule has 0 saturated heterocycles. The summed E-state index contributed by atoms with van der Waals surface area (Å²) in [7, 11) is 2.68. The average Bonchev–Trinajstić information content (AvgIpc) is 2.63. The lowest BCUT2D eigenvalue weighted by molar-refractivity contribution is -0.145. The summed E-state index contributed by atoms with van der Waals surface area (Å²) in [5.74, 6) is -1.67. The van der Waals surface area contributed by atoms with Gasteiger partial charge in [-0.05, 0) is 30.3 Å². The molecular weight excluding hydrogens is 353 g/mol. The van der Waals surface area contributed by atoms with Gasteiger partial charge in [0.15, 0.2) is 0 Å². The normalized spacial score (nSPS) is 11.5. The van der Waals surface area contributed by atoms with E-state index in [9.17, 15) is 14.0 Å². The smallest absolute Gasteiger partial charge is 0.318 e. The zero-order valence-corrected chi connectivity index (χ0v) is 14.2. The Balaban J connectivity index is 2.52. The molecule has 0 aliphatic carbocycles. The molecule has 8 heteroatoms. The fourth-order valence-electron chi connectivity index (χ4n) is 2.22. The minimum atomic E-state index is -0.907. The van der Waals surface area contributed by atoms with Crippen molar-refractivity contribution in [2.24, 2.45) is 0 Å². The van der Waals surface area contributed by atoms with Gasteiger partial charge < -0.3 is 14.2 Å². The molecule has 2 rings (SSSR count). The van der Waals surface area contributed by atoms with Crippen molar-refractivity contribution in [3.63, 3.8) is 0 Å². The van der Waals surface area contributed by atoms with Crippen LogP contribution in [0.15, 0.2) is 30.3 Å². The predicted octanol–water partition coefficient (Wildman–Crippen LogP) is 2.98. The molecule has 2 aromatic rings. The number of carbonyl (C=O) groups excluding carboxylic acids is 2. The Morgan fingerprint density at radius 3 is 2.68 bits per heavy atom. The first-order valence-corrected chi connectivity index (χ1v) is 7.53. The monoisotopic (exact) mass is 367 g/mol. The second kappa shape index (κ2) is 8.43. The minimum absolute atomic E-state index is 0.0689. The molecule has 1 aromatic heterocycles. The molecule has 0 N–H and O–H groups in total. The molecule has 0 spiro atoms. The fraction of sp³-hybridized carbons (Fsp3) is 0.235. The summed E-state index contributed by atoms with van der Waals surface area (Å²) in [6, 6.07) is 7.26. The van der Waals surface area contributed by atoms with Crippen molar-refractivity contribution in [1.82, 2.24) is 4.98 Å². The predicted molar refractivity (Wildman–Crippen MR) is 88.0 cm³/mol. The van der Waals surface area contributed by atoms with Gasteiger partial charge in [0.1, 0.15) is 29.8 Å². The van der Waals surface area contributed by atoms with Gasteiger partial charge in [0.25, 0.3) is 6.47 Å². The van der Waals surface area contributed by atoms with Crippen LogP contribution in [-0.2, 0) is 19.1 Å². The van der Waals surface area contributed by atoms with Gasteiger partial charge in [-0.1, -0.05) is 11.6 Å². The number of esters is 1. The summed E-state index contributed by atoms with van der Waals surface area (Å²) in [4.78, 5) is 26.8. The fourth-order valence-corrected chi connectivity index (χ4v) is 2.40. The van der Waals surface area contributed by atoms with Crippen LogP contribution in [0.3, 0.4) is 0 Å². The summed E-state index contributed by atoms with van der Waals surface area (Å²) >= 11 is 5.83. The van der Waals surface area contributed by atoms with Gasteiger partial charge in [0.05, 0.1) is 24.9 Å². The Morgan fingerprint density at radius 1 is 1.32 bits per heavy atom. The van der Waals surface area contributed by atoms with Gasteiger partial charge >= 0.3 is 5.97 Å². The maximum absolute atomic E-state index is 13.4. The van der Waals surface area contributed by atoms with Crippen LogP contribution in [0.25, 0.3) is 11.3 Å². The molecular formula is C17H15ClFNO5. The van der Waals surface area contributed by atoms with E-state index < -0.39 is 17.7 Å². The largest absolute Gasteiger partial charge is 0.494 e. The number of methoxy groups -OCH3 is 2. The van der Waals surface area contributed by atoms with Gasteiger partial charge in [-0.25, -0.2) is 9.37 Å². The lowest BCUT2D eigenvalue weighted by Gasteiger charge is -2.16. The lowest BCUT2D eigenvalue weighted by Crippen LogP contribution is -2.21. The number of hydrogen-bond acceptors (Lipinski definition) is 6. The molecule has 6 nitrogen and oxygen atoms in total. The first kappa shape index (κ1) is 18.7. The SMILES string of the molecule is COC(=O)C(COC=O)c1ccc(OC)c(-c2ccc(F)c(Cl)c2)n1. The van der Waals surface area contributed by atoms with Gasteiger partial charge in [-0.15, -0.1) is 0 Å². The summed E-state index contributed by atoms with van der Waals surface area (Å²) in [6.07, 6.45) is 0. The molecule has 0 amide bonds. The van der Waals surface area contributed by atoms with E-state index in [2.05, 4.69) is 9.72 Å². The molecule has 132 valence electrons. The molecule has 0 aliphatic rings. The highest BCUT2D eigenvalue weighted by Crippen LogP contribution is 2.32. The first-order valence-electron chi connectivity index (χ1n) is 7.15. The van der Waals surface area contributed by atoms with Crippen LogP contribution in [-0.4, -0.2) is 38.3 Å². The number of pyridine rings is 1. The topological polar surface area (TPSA) is 74.7 Å². The zero-order chi connectivity index (χ0) is 18.4. The van der Waals surface area contributed by atoms with Crippen LogP contribution < -0.4 is 4.74 Å². The van der Waals surface area contributed by atoms with Crippen LogP contribution in [0.1, 0.15) is 11.6 Å². The van der Waals surface area contributed by atoms with Crippen LogP contribution in [0, 0.1) is 5.82 Å². The van der Waals surface area contributed by atoms with Gasteiger partial charge in [-0.3, -0.25) is 9.59 Å². The van der Waals surface area contributed by atoms with Crippen LogP contribution >= 0.6 is 11.6 Å². The summed E-state index contributed by atoms with van der Waals surface area (Å²) < 4.78 is 28.1. The molecule has 0 aliphatic heterocycles. The Kier molecular flexibility index (Phi) is 6.30. The molecule has 25 heavy (non-hydrogen) atoms. The molecule has 1 unspecified atom stereocenters. The van der Waals surface area contributed by atoms with E-state index in [-0.39, 0.29) is 18.1 Å². The number of carbonyl (C=O) groups is 2. The quantitative estimate of drug-likeness (QED) is 0.553. The van der Waals surface area contributed by atoms with Crippen molar-refractivity contribution in [3.05, 3.63) is 46.9 Å². The maximum Gasteiger partial charge on any atom is 0.318 e. The third-order valence-corrected chi connectivity index (χ3v) is 3.76. The van der Waals surface area contributed by atoms with Crippen molar-refractivity contribution in [1.29, 1.82) is 0 Å². The third kappa shape index (κ3) is 4.24. The Hall–Kier alpha value is -2.67. The standard InChI is InChI=1S/C17H15ClFNO5/c1-23-15-6-5-14(11(8-25-9-21)17(22)24-2)20-16(15)10-3-4-13(19)12(18)7-10/h3-7,9,11H,8H2,1-2H3. The van der Waals surface area contributed by atoms with E-state index in [4.69, 9.17) is 21.1 Å². The van der Waals surface area contributed by atoms with Crippen LogP contribution in [0.5, 0.6) is 5.75 Å². The van der Waals surface area contributed by atoms with Crippen molar-refractivity contribution >= 4 is 24.0 Å². The highest BCUT2D eigenvalue weighted by molar-refractivity contribution is 6.31. The molecule has 1 aromatic carbocycles. The van der Waals surface area contributed by atoms with Crippen molar-refractivity contribution in [2.75, 3.05) is 20.8 Å². The van der Waals surface area contributed by atoms with Gasteiger partial charge in [0.2, 0.25) is 0 Å². The number of ether oxygens (including phenoxy) is 3. The first-order chi connectivity index (χ1) is 12.0. The van der Waals surface area contributed by atoms with Gasteiger partial charge in [-0.2, -0.15) is 0 Å². The van der Waals surface area contributed by atoms with Crippen LogP contribution in [0.2, 0.25) is 5.02 Å². The van der Waals surface area contributed by atoms with E-state index in [1.54, 1.807) is 12.1 Å². The number of halogens is 2. The molecule has 1 heterocycles. The minimum Gasteiger partial charge on any atom is -0.494 e. The number of rotatable bonds is 7. The Morgan fingerprint density at radius 2 is 2.08 bits per heavy atom. The van der Waals surface area contributed by atoms with Crippen molar-refractivity contribution in [3.8, 4) is 17.0 Å². The third-order valence-electron chi connectivity index (χ3n) is 3.47. The number of aromatic nitrogens is 1. The molecule has 0 radical (unpaired) electrons. The summed E-state index contributed by atoms with van der Waals surface area (Å²) in [5, 5.41) is -0.0689. The van der Waals surface area contributed by atoms with Crippen molar-refractivity contribution in [2.45, 2.75) is 5.92 Å². The van der Waals surface area contributed by atoms with Crippen molar-refractivity contribution < 1.29 is 28.2 Å². The number of nitrogens with zero attached hydrogens (tertiary/aromatic N) is 1. The van der Waals surface area contributed by atoms with E-state index in [0.29, 0.717) is 22.7 Å². The van der Waals surface area contributed by atoms with E-state index in [0.717, 1.165) is 0 Å². The molecule has 0 fully saturated rings. The van der Waals surface area contributed by atoms with E-state index >= 15 is 0 Å². The number of benzene rings is 1. The second-order valence-electron chi connectivity index (χ2n) is 4.92. The summed E-state index contributed by atoms with van der Waals surface area (Å²) in [6.45, 7) is 0.0131. The number of hydrogen-bond donors (Lipinski definition) is 0. The lowest BCUT2D eigenvalue weighted by atomic mass is 10.0.